The number of amides is 1. The van der Waals surface area contributed by atoms with Crippen molar-refractivity contribution in [2.24, 2.45) is 0 Å². The van der Waals surface area contributed by atoms with Gasteiger partial charge in [-0.1, -0.05) is 17.7 Å². The summed E-state index contributed by atoms with van der Waals surface area (Å²) in [6.07, 6.45) is 1.54. The summed E-state index contributed by atoms with van der Waals surface area (Å²) in [6.45, 7) is 2.11. The Balaban J connectivity index is 1.50. The highest BCUT2D eigenvalue weighted by Crippen LogP contribution is 2.23. The molecule has 0 spiro atoms. The summed E-state index contributed by atoms with van der Waals surface area (Å²) in [5.41, 5.74) is 1.25. The van der Waals surface area contributed by atoms with E-state index in [1.54, 1.807) is 41.8 Å². The smallest absolute Gasteiger partial charge is 0.270 e. The summed E-state index contributed by atoms with van der Waals surface area (Å²) < 4.78 is 32.0. The summed E-state index contributed by atoms with van der Waals surface area (Å²) >= 11 is 1.30. The van der Waals surface area contributed by atoms with Gasteiger partial charge in [-0.25, -0.2) is 18.1 Å². The van der Waals surface area contributed by atoms with E-state index in [0.29, 0.717) is 10.8 Å². The summed E-state index contributed by atoms with van der Waals surface area (Å²) in [5.74, 6) is 0.230. The molecule has 0 fully saturated rings. The van der Waals surface area contributed by atoms with E-state index >= 15 is 0 Å². The maximum atomic E-state index is 12.1. The van der Waals surface area contributed by atoms with Gasteiger partial charge in [0, 0.05) is 18.5 Å². The van der Waals surface area contributed by atoms with E-state index in [2.05, 4.69) is 15.0 Å². The number of carbonyl (C=O) groups excluding carboxylic acids is 1. The average Bonchev–Trinajstić information content (AvgIpc) is 3.30. The van der Waals surface area contributed by atoms with E-state index in [4.69, 9.17) is 4.42 Å². The Morgan fingerprint density at radius 3 is 2.65 bits per heavy atom. The van der Waals surface area contributed by atoms with Gasteiger partial charge in [-0.3, -0.25) is 4.79 Å². The van der Waals surface area contributed by atoms with Crippen LogP contribution >= 0.6 is 11.3 Å². The number of thiazole rings is 1. The van der Waals surface area contributed by atoms with E-state index in [9.17, 15) is 13.2 Å². The normalized spacial score (nSPS) is 11.4. The Morgan fingerprint density at radius 1 is 1.19 bits per heavy atom. The fourth-order valence-corrected chi connectivity index (χ4v) is 3.94. The van der Waals surface area contributed by atoms with Crippen LogP contribution in [0.4, 0.5) is 0 Å². The van der Waals surface area contributed by atoms with Crippen LogP contribution in [0.25, 0.3) is 10.8 Å². The number of benzene rings is 1. The average molecular weight is 391 g/mol. The highest BCUT2D eigenvalue weighted by molar-refractivity contribution is 7.89. The monoisotopic (exact) mass is 391 g/mol. The second kappa shape index (κ2) is 7.81. The SMILES string of the molecule is Cc1ccc(S(=O)(=O)NCCNC(=O)c2csc(-c3ccco3)n2)cc1. The van der Waals surface area contributed by atoms with Gasteiger partial charge in [-0.05, 0) is 31.2 Å². The highest BCUT2D eigenvalue weighted by atomic mass is 32.2. The first-order valence-electron chi connectivity index (χ1n) is 7.80. The van der Waals surface area contributed by atoms with Crippen molar-refractivity contribution >= 4 is 27.3 Å². The molecular weight excluding hydrogens is 374 g/mol. The Morgan fingerprint density at radius 2 is 1.96 bits per heavy atom. The lowest BCUT2D eigenvalue weighted by atomic mass is 10.2. The molecule has 3 aromatic rings. The molecule has 2 heterocycles. The number of aromatic nitrogens is 1. The lowest BCUT2D eigenvalue weighted by Crippen LogP contribution is -2.34. The zero-order valence-corrected chi connectivity index (χ0v) is 15.6. The van der Waals surface area contributed by atoms with E-state index in [1.807, 2.05) is 6.92 Å². The summed E-state index contributed by atoms with van der Waals surface area (Å²) in [5, 5.41) is 4.88. The quantitative estimate of drug-likeness (QED) is 0.602. The minimum absolute atomic E-state index is 0.0805. The lowest BCUT2D eigenvalue weighted by molar-refractivity contribution is 0.0950. The fourth-order valence-electron chi connectivity index (χ4n) is 2.14. The zero-order chi connectivity index (χ0) is 18.6. The molecule has 0 atom stereocenters. The number of carbonyl (C=O) groups is 1. The molecule has 3 rings (SSSR count). The van der Waals surface area contributed by atoms with Gasteiger partial charge >= 0.3 is 0 Å². The molecule has 1 amide bonds. The van der Waals surface area contributed by atoms with Crippen LogP contribution in [0.3, 0.4) is 0 Å². The summed E-state index contributed by atoms with van der Waals surface area (Å²) in [4.78, 5) is 16.5. The molecule has 0 saturated carbocycles. The van der Waals surface area contributed by atoms with Gasteiger partial charge < -0.3 is 9.73 Å². The van der Waals surface area contributed by atoms with Crippen LogP contribution < -0.4 is 10.0 Å². The van der Waals surface area contributed by atoms with E-state index in [-0.39, 0.29) is 29.6 Å². The first-order valence-corrected chi connectivity index (χ1v) is 10.2. The molecule has 0 aliphatic rings. The Hall–Kier alpha value is -2.49. The molecule has 0 aliphatic carbocycles. The number of hydrogen-bond acceptors (Lipinski definition) is 6. The van der Waals surface area contributed by atoms with Gasteiger partial charge in [0.25, 0.3) is 5.91 Å². The van der Waals surface area contributed by atoms with Gasteiger partial charge in [0.05, 0.1) is 11.2 Å². The van der Waals surface area contributed by atoms with Crippen molar-refractivity contribution in [3.63, 3.8) is 0 Å². The molecular formula is C17H17N3O4S2. The maximum absolute atomic E-state index is 12.1. The van der Waals surface area contributed by atoms with E-state index in [1.165, 1.54) is 17.6 Å². The molecule has 2 aromatic heterocycles. The third-order valence-corrected chi connectivity index (χ3v) is 5.84. The zero-order valence-electron chi connectivity index (χ0n) is 13.9. The van der Waals surface area contributed by atoms with Crippen molar-refractivity contribution in [1.82, 2.24) is 15.0 Å². The van der Waals surface area contributed by atoms with Crippen LogP contribution in [0.1, 0.15) is 16.1 Å². The molecule has 0 bridgehead atoms. The molecule has 1 aromatic carbocycles. The number of hydrogen-bond donors (Lipinski definition) is 2. The predicted octanol–water partition coefficient (Wildman–Crippen LogP) is 2.42. The summed E-state index contributed by atoms with van der Waals surface area (Å²) in [6, 6.07) is 10.1. The first-order chi connectivity index (χ1) is 12.5. The third-order valence-electron chi connectivity index (χ3n) is 3.50. The molecule has 26 heavy (non-hydrogen) atoms. The van der Waals surface area contributed by atoms with Crippen LogP contribution in [-0.4, -0.2) is 32.4 Å². The molecule has 7 nitrogen and oxygen atoms in total. The second-order valence-corrected chi connectivity index (χ2v) is 8.11. The topological polar surface area (TPSA) is 101 Å². The highest BCUT2D eigenvalue weighted by Gasteiger charge is 2.15. The number of furan rings is 1. The largest absolute Gasteiger partial charge is 0.462 e. The Kier molecular flexibility index (Phi) is 5.50. The van der Waals surface area contributed by atoms with E-state index in [0.717, 1.165) is 5.56 Å². The Bertz CT molecular complexity index is 977. The third kappa shape index (κ3) is 4.37. The van der Waals surface area contributed by atoms with Crippen molar-refractivity contribution in [2.45, 2.75) is 11.8 Å². The lowest BCUT2D eigenvalue weighted by Gasteiger charge is -2.07. The maximum Gasteiger partial charge on any atom is 0.270 e. The number of rotatable bonds is 7. The molecule has 0 unspecified atom stereocenters. The molecule has 2 N–H and O–H groups in total. The molecule has 0 radical (unpaired) electrons. The second-order valence-electron chi connectivity index (χ2n) is 5.48. The number of nitrogens with zero attached hydrogens (tertiary/aromatic N) is 1. The first kappa shape index (κ1) is 18.3. The predicted molar refractivity (Wildman–Crippen MR) is 98.5 cm³/mol. The van der Waals surface area contributed by atoms with Crippen LogP contribution in [0.5, 0.6) is 0 Å². The molecule has 9 heteroatoms. The number of nitrogens with one attached hydrogen (secondary N) is 2. The van der Waals surface area contributed by atoms with Crippen LogP contribution in [0, 0.1) is 6.92 Å². The van der Waals surface area contributed by atoms with Crippen LogP contribution in [-0.2, 0) is 10.0 Å². The summed E-state index contributed by atoms with van der Waals surface area (Å²) in [7, 11) is -3.59. The van der Waals surface area contributed by atoms with Gasteiger partial charge in [-0.15, -0.1) is 11.3 Å². The van der Waals surface area contributed by atoms with Gasteiger partial charge in [0.1, 0.15) is 5.69 Å². The Labute approximate surface area is 155 Å². The minimum Gasteiger partial charge on any atom is -0.462 e. The van der Waals surface area contributed by atoms with Gasteiger partial charge in [0.2, 0.25) is 10.0 Å². The van der Waals surface area contributed by atoms with Crippen molar-refractivity contribution in [3.8, 4) is 10.8 Å². The van der Waals surface area contributed by atoms with Crippen molar-refractivity contribution in [1.29, 1.82) is 0 Å². The van der Waals surface area contributed by atoms with Crippen molar-refractivity contribution in [2.75, 3.05) is 13.1 Å². The number of sulfonamides is 1. The van der Waals surface area contributed by atoms with Crippen molar-refractivity contribution < 1.29 is 17.6 Å². The standard InChI is InChI=1S/C17H17N3O4S2/c1-12-4-6-13(7-5-12)26(22,23)19-9-8-18-16(21)14-11-25-17(20-14)15-3-2-10-24-15/h2-7,10-11,19H,8-9H2,1H3,(H,18,21). The van der Waals surface area contributed by atoms with Gasteiger partial charge in [0.15, 0.2) is 10.8 Å². The van der Waals surface area contributed by atoms with E-state index < -0.39 is 10.0 Å². The van der Waals surface area contributed by atoms with Gasteiger partial charge in [-0.2, -0.15) is 0 Å². The molecule has 0 saturated heterocycles. The molecule has 136 valence electrons. The van der Waals surface area contributed by atoms with Crippen LogP contribution in [0.2, 0.25) is 0 Å². The van der Waals surface area contributed by atoms with Crippen molar-refractivity contribution in [3.05, 3.63) is 59.3 Å². The minimum atomic E-state index is -3.59. The van der Waals surface area contributed by atoms with Crippen LogP contribution in [0.15, 0.2) is 57.4 Å². The number of aryl methyl sites for hydroxylation is 1. The molecule has 0 aliphatic heterocycles. The fraction of sp³-hybridized carbons (Fsp3) is 0.176.